The highest BCUT2D eigenvalue weighted by atomic mass is 28.4. The van der Waals surface area contributed by atoms with Crippen LogP contribution in [0.5, 0.6) is 0 Å². The summed E-state index contributed by atoms with van der Waals surface area (Å²) in [5.74, 6) is 0. The molecule has 20 heavy (non-hydrogen) atoms. The van der Waals surface area contributed by atoms with Crippen molar-refractivity contribution in [1.82, 2.24) is 0 Å². The third kappa shape index (κ3) is 6.97. The molecule has 0 N–H and O–H groups in total. The van der Waals surface area contributed by atoms with Gasteiger partial charge in [-0.2, -0.15) is 0 Å². The summed E-state index contributed by atoms with van der Waals surface area (Å²) in [6, 6.07) is 0. The Morgan fingerprint density at radius 1 is 1.25 bits per heavy atom. The molecule has 2 atom stereocenters. The highest BCUT2D eigenvalue weighted by Gasteiger charge is 2.39. The molecule has 4 nitrogen and oxygen atoms in total. The zero-order valence-corrected chi connectivity index (χ0v) is 15.2. The number of aldehydes is 1. The maximum atomic E-state index is 11.1. The minimum atomic E-state index is -1.82. The van der Waals surface area contributed by atoms with Gasteiger partial charge in [-0.3, -0.25) is 0 Å². The van der Waals surface area contributed by atoms with E-state index >= 15 is 0 Å². The molecular weight excluding hydrogens is 272 g/mol. The lowest BCUT2D eigenvalue weighted by molar-refractivity contribution is -0.130. The fraction of sp³-hybridized carbons (Fsp3) is 0.933. The fourth-order valence-electron chi connectivity index (χ4n) is 1.72. The number of hydrogen-bond acceptors (Lipinski definition) is 4. The Bertz CT molecular complexity index is 274. The van der Waals surface area contributed by atoms with E-state index in [1.54, 1.807) is 7.11 Å². The van der Waals surface area contributed by atoms with Crippen LogP contribution >= 0.6 is 0 Å². The molecule has 0 spiro atoms. The molecule has 0 rings (SSSR count). The van der Waals surface area contributed by atoms with Crippen molar-refractivity contribution in [3.63, 3.8) is 0 Å². The standard InChI is InChI=1S/C15H32O4Si/c1-8-9-13(10-14(11-16)18-12-17-5)19-20(6,7)15(2,3)4/h11,13-14H,8-10,12H2,1-7H3/t13-,14?/m1/s1. The highest BCUT2D eigenvalue weighted by molar-refractivity contribution is 6.74. The average Bonchev–Trinajstić information content (AvgIpc) is 2.32. The number of carbonyl (C=O) groups excluding carboxylic acids is 1. The summed E-state index contributed by atoms with van der Waals surface area (Å²) in [7, 11) is -0.266. The lowest BCUT2D eigenvalue weighted by atomic mass is 10.1. The minimum absolute atomic E-state index is 0.0768. The molecule has 0 aromatic heterocycles. The lowest BCUT2D eigenvalue weighted by Gasteiger charge is -2.39. The van der Waals surface area contributed by atoms with Gasteiger partial charge in [0.15, 0.2) is 8.32 Å². The van der Waals surface area contributed by atoms with Crippen LogP contribution in [0.1, 0.15) is 47.0 Å². The second kappa shape index (κ2) is 8.92. The van der Waals surface area contributed by atoms with E-state index < -0.39 is 14.4 Å². The van der Waals surface area contributed by atoms with Crippen molar-refractivity contribution in [2.24, 2.45) is 0 Å². The first-order valence-corrected chi connectivity index (χ1v) is 10.3. The van der Waals surface area contributed by atoms with Gasteiger partial charge in [-0.15, -0.1) is 0 Å². The Labute approximate surface area is 125 Å². The van der Waals surface area contributed by atoms with Gasteiger partial charge < -0.3 is 18.7 Å². The Hall–Kier alpha value is -0.233. The monoisotopic (exact) mass is 304 g/mol. The van der Waals surface area contributed by atoms with Gasteiger partial charge in [-0.05, 0) is 24.6 Å². The zero-order valence-electron chi connectivity index (χ0n) is 14.2. The molecule has 1 unspecified atom stereocenters. The first-order chi connectivity index (χ1) is 9.17. The first-order valence-electron chi connectivity index (χ1n) is 7.41. The van der Waals surface area contributed by atoms with Crippen molar-refractivity contribution in [3.8, 4) is 0 Å². The van der Waals surface area contributed by atoms with Gasteiger partial charge in [-0.25, -0.2) is 0 Å². The summed E-state index contributed by atoms with van der Waals surface area (Å²) in [4.78, 5) is 11.1. The van der Waals surface area contributed by atoms with Gasteiger partial charge in [0.25, 0.3) is 0 Å². The molecule has 0 aliphatic carbocycles. The molecule has 0 aliphatic heterocycles. The van der Waals surface area contributed by atoms with Crippen molar-refractivity contribution in [3.05, 3.63) is 0 Å². The summed E-state index contributed by atoms with van der Waals surface area (Å²) in [5.41, 5.74) is 0. The van der Waals surface area contributed by atoms with E-state index in [1.165, 1.54) is 0 Å². The third-order valence-electron chi connectivity index (χ3n) is 3.93. The van der Waals surface area contributed by atoms with E-state index in [-0.39, 0.29) is 17.9 Å². The molecule has 0 amide bonds. The number of ether oxygens (including phenoxy) is 2. The molecule has 5 heteroatoms. The van der Waals surface area contributed by atoms with E-state index in [9.17, 15) is 4.79 Å². The largest absolute Gasteiger partial charge is 0.414 e. The second-order valence-electron chi connectivity index (χ2n) is 6.77. The molecule has 0 fully saturated rings. The maximum absolute atomic E-state index is 11.1. The minimum Gasteiger partial charge on any atom is -0.414 e. The van der Waals surface area contributed by atoms with Gasteiger partial charge in [0, 0.05) is 19.6 Å². The van der Waals surface area contributed by atoms with Crippen LogP contribution in [0.4, 0.5) is 0 Å². The molecule has 0 saturated heterocycles. The summed E-state index contributed by atoms with van der Waals surface area (Å²) < 4.78 is 16.6. The first kappa shape index (κ1) is 19.8. The van der Waals surface area contributed by atoms with Crippen LogP contribution in [-0.2, 0) is 18.7 Å². The van der Waals surface area contributed by atoms with Crippen LogP contribution in [0, 0.1) is 0 Å². The summed E-state index contributed by atoms with van der Waals surface area (Å²) in [6.45, 7) is 13.4. The second-order valence-corrected chi connectivity index (χ2v) is 11.5. The maximum Gasteiger partial charge on any atom is 0.192 e. The van der Waals surface area contributed by atoms with Crippen LogP contribution in [0.25, 0.3) is 0 Å². The molecule has 0 aromatic carbocycles. The van der Waals surface area contributed by atoms with E-state index in [0.717, 1.165) is 19.1 Å². The van der Waals surface area contributed by atoms with Crippen molar-refractivity contribution in [2.75, 3.05) is 13.9 Å². The zero-order chi connectivity index (χ0) is 15.8. The van der Waals surface area contributed by atoms with Crippen molar-refractivity contribution < 1.29 is 18.7 Å². The topological polar surface area (TPSA) is 44.8 Å². The summed E-state index contributed by atoms with van der Waals surface area (Å²) >= 11 is 0. The molecule has 0 radical (unpaired) electrons. The number of carbonyl (C=O) groups is 1. The fourth-order valence-corrected chi connectivity index (χ4v) is 3.12. The van der Waals surface area contributed by atoms with Gasteiger partial charge in [0.1, 0.15) is 19.2 Å². The Morgan fingerprint density at radius 2 is 1.85 bits per heavy atom. The van der Waals surface area contributed by atoms with Gasteiger partial charge in [0.05, 0.1) is 0 Å². The van der Waals surface area contributed by atoms with Crippen LogP contribution in [0.3, 0.4) is 0 Å². The van der Waals surface area contributed by atoms with E-state index in [1.807, 2.05) is 0 Å². The normalized spacial score (nSPS) is 15.9. The molecule has 0 bridgehead atoms. The Morgan fingerprint density at radius 3 is 2.25 bits per heavy atom. The smallest absolute Gasteiger partial charge is 0.192 e. The molecule has 0 saturated carbocycles. The van der Waals surface area contributed by atoms with Gasteiger partial charge >= 0.3 is 0 Å². The number of hydrogen-bond donors (Lipinski definition) is 0. The predicted molar refractivity (Wildman–Crippen MR) is 84.4 cm³/mol. The van der Waals surface area contributed by atoms with E-state index in [2.05, 4.69) is 40.8 Å². The van der Waals surface area contributed by atoms with Crippen LogP contribution in [0.15, 0.2) is 0 Å². The van der Waals surface area contributed by atoms with Crippen molar-refractivity contribution in [1.29, 1.82) is 0 Å². The van der Waals surface area contributed by atoms with Crippen molar-refractivity contribution in [2.45, 2.75) is 77.3 Å². The van der Waals surface area contributed by atoms with Gasteiger partial charge in [-0.1, -0.05) is 34.1 Å². The average molecular weight is 305 g/mol. The van der Waals surface area contributed by atoms with Crippen LogP contribution < -0.4 is 0 Å². The SMILES string of the molecule is CCC[C@H](CC(C=O)OCOC)O[Si](C)(C)C(C)(C)C. The van der Waals surface area contributed by atoms with E-state index in [4.69, 9.17) is 13.9 Å². The molecule has 120 valence electrons. The lowest BCUT2D eigenvalue weighted by Crippen LogP contribution is -2.44. The Balaban J connectivity index is 4.67. The van der Waals surface area contributed by atoms with Crippen LogP contribution in [-0.4, -0.2) is 40.7 Å². The van der Waals surface area contributed by atoms with Crippen molar-refractivity contribution >= 4 is 14.6 Å². The molecule has 0 heterocycles. The quantitative estimate of drug-likeness (QED) is 0.350. The summed E-state index contributed by atoms with van der Waals surface area (Å²) in [5, 5.41) is 0.170. The van der Waals surface area contributed by atoms with Crippen LogP contribution in [0.2, 0.25) is 18.1 Å². The molecule has 0 aliphatic rings. The Kier molecular flexibility index (Phi) is 8.82. The predicted octanol–water partition coefficient (Wildman–Crippen LogP) is 3.76. The molecule has 0 aromatic rings. The number of rotatable bonds is 10. The molecular formula is C15H32O4Si. The van der Waals surface area contributed by atoms with E-state index in [0.29, 0.717) is 6.42 Å². The highest BCUT2D eigenvalue weighted by Crippen LogP contribution is 2.38. The van der Waals surface area contributed by atoms with Gasteiger partial charge in [0.2, 0.25) is 0 Å². The summed E-state index contributed by atoms with van der Waals surface area (Å²) in [6.07, 6.45) is 3.07. The number of methoxy groups -OCH3 is 1. The third-order valence-corrected chi connectivity index (χ3v) is 8.46.